The molecule has 8 heteroatoms. The normalized spacial score (nSPS) is 15.1. The van der Waals surface area contributed by atoms with E-state index in [0.717, 1.165) is 41.2 Å². The van der Waals surface area contributed by atoms with Gasteiger partial charge in [-0.15, -0.1) is 0 Å². The zero-order valence-electron chi connectivity index (χ0n) is 11.7. The Balaban J connectivity index is 1.87. The molecule has 0 radical (unpaired) electrons. The molecule has 4 rings (SSSR count). The Kier molecular flexibility index (Phi) is 2.98. The summed E-state index contributed by atoms with van der Waals surface area (Å²) >= 11 is 0. The molecule has 1 aliphatic rings. The summed E-state index contributed by atoms with van der Waals surface area (Å²) < 4.78 is 5.40. The van der Waals surface area contributed by atoms with Crippen LogP contribution in [0.5, 0.6) is 0 Å². The molecule has 0 bridgehead atoms. The van der Waals surface area contributed by atoms with E-state index >= 15 is 0 Å². The summed E-state index contributed by atoms with van der Waals surface area (Å²) in [6.45, 7) is 2.97. The highest BCUT2D eigenvalue weighted by atomic mass is 16.5. The first-order valence-electron chi connectivity index (χ1n) is 6.97. The second kappa shape index (κ2) is 5.13. The maximum Gasteiger partial charge on any atom is 0.210 e. The molecule has 8 nitrogen and oxygen atoms in total. The van der Waals surface area contributed by atoms with Gasteiger partial charge >= 0.3 is 0 Å². The quantitative estimate of drug-likeness (QED) is 0.732. The second-order valence-corrected chi connectivity index (χ2v) is 4.98. The second-order valence-electron chi connectivity index (χ2n) is 4.98. The third-order valence-corrected chi connectivity index (χ3v) is 3.73. The summed E-state index contributed by atoms with van der Waals surface area (Å²) in [5.74, 6) is 1.16. The van der Waals surface area contributed by atoms with E-state index in [4.69, 9.17) is 10.00 Å². The smallest absolute Gasteiger partial charge is 0.210 e. The highest BCUT2D eigenvalue weighted by molar-refractivity contribution is 6.00. The monoisotopic (exact) mass is 295 g/mol. The molecule has 0 saturated carbocycles. The molecule has 0 unspecified atom stereocenters. The SMILES string of the molecule is N#Cc1ncc(-c2c[nH]c3ncnc(N4CCOCC4)c23)[nH]1. The molecule has 110 valence electrons. The van der Waals surface area contributed by atoms with Crippen molar-refractivity contribution in [3.05, 3.63) is 24.5 Å². The largest absolute Gasteiger partial charge is 0.378 e. The van der Waals surface area contributed by atoms with Crippen LogP contribution in [-0.2, 0) is 4.74 Å². The molecule has 3 aromatic rings. The number of H-pyrrole nitrogens is 2. The topological polar surface area (TPSA) is 107 Å². The zero-order chi connectivity index (χ0) is 14.9. The molecule has 0 aliphatic carbocycles. The van der Waals surface area contributed by atoms with Crippen LogP contribution in [0.3, 0.4) is 0 Å². The van der Waals surface area contributed by atoms with Gasteiger partial charge in [-0.05, 0) is 0 Å². The van der Waals surface area contributed by atoms with Crippen LogP contribution in [0.2, 0.25) is 0 Å². The summed E-state index contributed by atoms with van der Waals surface area (Å²) in [4.78, 5) is 21.1. The van der Waals surface area contributed by atoms with Gasteiger partial charge in [0.05, 0.1) is 30.5 Å². The first kappa shape index (κ1) is 12.8. The number of morpholine rings is 1. The zero-order valence-corrected chi connectivity index (χ0v) is 11.7. The molecular formula is C14H13N7O. The number of aromatic nitrogens is 5. The van der Waals surface area contributed by atoms with Crippen molar-refractivity contribution in [2.24, 2.45) is 0 Å². The third kappa shape index (κ3) is 1.99. The van der Waals surface area contributed by atoms with Crippen LogP contribution >= 0.6 is 0 Å². The van der Waals surface area contributed by atoms with Gasteiger partial charge in [-0.25, -0.2) is 15.0 Å². The van der Waals surface area contributed by atoms with Gasteiger partial charge in [-0.1, -0.05) is 0 Å². The van der Waals surface area contributed by atoms with Crippen LogP contribution < -0.4 is 4.90 Å². The van der Waals surface area contributed by atoms with Gasteiger partial charge in [0.2, 0.25) is 5.82 Å². The Morgan fingerprint density at radius 2 is 2.09 bits per heavy atom. The highest BCUT2D eigenvalue weighted by Crippen LogP contribution is 2.32. The first-order chi connectivity index (χ1) is 10.9. The van der Waals surface area contributed by atoms with Crippen molar-refractivity contribution in [2.45, 2.75) is 0 Å². The van der Waals surface area contributed by atoms with E-state index in [2.05, 4.69) is 29.8 Å². The van der Waals surface area contributed by atoms with Gasteiger partial charge in [0.1, 0.15) is 23.9 Å². The fraction of sp³-hybridized carbons (Fsp3) is 0.286. The summed E-state index contributed by atoms with van der Waals surface area (Å²) in [6, 6.07) is 2.00. The van der Waals surface area contributed by atoms with Crippen molar-refractivity contribution in [1.82, 2.24) is 24.9 Å². The fourth-order valence-corrected chi connectivity index (χ4v) is 2.69. The third-order valence-electron chi connectivity index (χ3n) is 3.73. The Hall–Kier alpha value is -2.92. The lowest BCUT2D eigenvalue weighted by molar-refractivity contribution is 0.122. The minimum absolute atomic E-state index is 0.286. The first-order valence-corrected chi connectivity index (χ1v) is 6.97. The Labute approximate surface area is 125 Å². The maximum atomic E-state index is 8.92. The van der Waals surface area contributed by atoms with Crippen molar-refractivity contribution in [3.63, 3.8) is 0 Å². The van der Waals surface area contributed by atoms with Crippen molar-refractivity contribution >= 4 is 16.9 Å². The molecule has 4 heterocycles. The number of rotatable bonds is 2. The molecule has 0 aromatic carbocycles. The average Bonchev–Trinajstić information content (AvgIpc) is 3.21. The van der Waals surface area contributed by atoms with E-state index < -0.39 is 0 Å². The Bertz CT molecular complexity index is 854. The number of fused-ring (bicyclic) bond motifs is 1. The summed E-state index contributed by atoms with van der Waals surface area (Å²) in [7, 11) is 0. The van der Waals surface area contributed by atoms with Crippen LogP contribution in [0.15, 0.2) is 18.7 Å². The summed E-state index contributed by atoms with van der Waals surface area (Å²) in [5.41, 5.74) is 2.44. The number of aromatic amines is 2. The molecule has 0 amide bonds. The number of nitrogens with one attached hydrogen (secondary N) is 2. The van der Waals surface area contributed by atoms with E-state index in [9.17, 15) is 0 Å². The van der Waals surface area contributed by atoms with Gasteiger partial charge in [-0.3, -0.25) is 0 Å². The van der Waals surface area contributed by atoms with Crippen molar-refractivity contribution < 1.29 is 4.74 Å². The van der Waals surface area contributed by atoms with Crippen LogP contribution in [0.1, 0.15) is 5.82 Å². The number of imidazole rings is 1. The minimum Gasteiger partial charge on any atom is -0.378 e. The van der Waals surface area contributed by atoms with Gasteiger partial charge in [0, 0.05) is 24.8 Å². The summed E-state index contributed by atoms with van der Waals surface area (Å²) in [5, 5.41) is 9.85. The van der Waals surface area contributed by atoms with Crippen molar-refractivity contribution in [3.8, 4) is 17.3 Å². The lowest BCUT2D eigenvalue weighted by Crippen LogP contribution is -2.36. The van der Waals surface area contributed by atoms with Gasteiger partial charge < -0.3 is 19.6 Å². The standard InChI is InChI=1S/C14H13N7O/c15-5-11-16-7-10(20-11)9-6-17-13-12(9)14(19-8-18-13)21-1-3-22-4-2-21/h6-8H,1-4H2,(H,16,20)(H,17,18,19). The predicted molar refractivity (Wildman–Crippen MR) is 79.2 cm³/mol. The van der Waals surface area contributed by atoms with Gasteiger partial charge in [-0.2, -0.15) is 5.26 Å². The van der Waals surface area contributed by atoms with E-state index in [-0.39, 0.29) is 5.82 Å². The average molecular weight is 295 g/mol. The van der Waals surface area contributed by atoms with Crippen molar-refractivity contribution in [1.29, 1.82) is 5.26 Å². The number of hydrogen-bond donors (Lipinski definition) is 2. The number of anilines is 1. The van der Waals surface area contributed by atoms with Crippen LogP contribution in [0.25, 0.3) is 22.3 Å². The fourth-order valence-electron chi connectivity index (χ4n) is 2.69. The van der Waals surface area contributed by atoms with Gasteiger partial charge in [0.25, 0.3) is 0 Å². The Morgan fingerprint density at radius 3 is 2.86 bits per heavy atom. The van der Waals surface area contributed by atoms with Gasteiger partial charge in [0.15, 0.2) is 0 Å². The number of nitrogens with zero attached hydrogens (tertiary/aromatic N) is 5. The molecule has 1 saturated heterocycles. The van der Waals surface area contributed by atoms with E-state index in [1.807, 2.05) is 12.3 Å². The van der Waals surface area contributed by atoms with Crippen molar-refractivity contribution in [2.75, 3.05) is 31.2 Å². The van der Waals surface area contributed by atoms with E-state index in [1.54, 1.807) is 12.5 Å². The summed E-state index contributed by atoms with van der Waals surface area (Å²) in [6.07, 6.45) is 5.07. The maximum absolute atomic E-state index is 8.92. The van der Waals surface area contributed by atoms with E-state index in [1.165, 1.54) is 0 Å². The number of nitriles is 1. The lowest BCUT2D eigenvalue weighted by Gasteiger charge is -2.28. The Morgan fingerprint density at radius 1 is 1.23 bits per heavy atom. The molecule has 22 heavy (non-hydrogen) atoms. The highest BCUT2D eigenvalue weighted by Gasteiger charge is 2.20. The number of hydrogen-bond acceptors (Lipinski definition) is 6. The molecule has 2 N–H and O–H groups in total. The van der Waals surface area contributed by atoms with E-state index in [0.29, 0.717) is 13.2 Å². The molecule has 0 atom stereocenters. The molecule has 3 aromatic heterocycles. The molecule has 0 spiro atoms. The molecule has 1 aliphatic heterocycles. The van der Waals surface area contributed by atoms with Crippen LogP contribution in [-0.4, -0.2) is 51.2 Å². The predicted octanol–water partition coefficient (Wildman–Crippen LogP) is 1.06. The molecule has 1 fully saturated rings. The minimum atomic E-state index is 0.286. The van der Waals surface area contributed by atoms with Crippen LogP contribution in [0, 0.1) is 11.3 Å². The number of ether oxygens (including phenoxy) is 1. The molecular weight excluding hydrogens is 282 g/mol. The van der Waals surface area contributed by atoms with Crippen LogP contribution in [0.4, 0.5) is 5.82 Å². The lowest BCUT2D eigenvalue weighted by atomic mass is 10.1.